The molecular weight excluding hydrogens is 420 g/mol. The molecule has 3 nitrogen and oxygen atoms in total. The van der Waals surface area contributed by atoms with Crippen molar-refractivity contribution >= 4 is 11.6 Å². The highest BCUT2D eigenvalue weighted by Gasteiger charge is 2.23. The lowest BCUT2D eigenvalue weighted by molar-refractivity contribution is 0.0226. The number of rotatable bonds is 12. The Bertz CT molecular complexity index is 779. The molecule has 0 saturated heterocycles. The van der Waals surface area contributed by atoms with E-state index < -0.39 is 0 Å². The summed E-state index contributed by atoms with van der Waals surface area (Å²) in [5, 5.41) is 0. The van der Waals surface area contributed by atoms with Gasteiger partial charge in [0.1, 0.15) is 11.5 Å². The van der Waals surface area contributed by atoms with Crippen LogP contribution in [-0.2, 0) is 10.2 Å². The molecule has 0 aromatic heterocycles. The van der Waals surface area contributed by atoms with Gasteiger partial charge in [-0.15, -0.1) is 11.6 Å². The third-order valence-corrected chi connectivity index (χ3v) is 6.94. The molecule has 0 spiro atoms. The summed E-state index contributed by atoms with van der Waals surface area (Å²) in [5.41, 5.74) is 2.41. The van der Waals surface area contributed by atoms with Gasteiger partial charge in [-0.05, 0) is 48.2 Å². The molecule has 1 aliphatic rings. The summed E-state index contributed by atoms with van der Waals surface area (Å²) in [4.78, 5) is 0. The molecule has 1 atom stereocenters. The molecule has 32 heavy (non-hydrogen) atoms. The second-order valence-electron chi connectivity index (χ2n) is 9.58. The Labute approximate surface area is 199 Å². The summed E-state index contributed by atoms with van der Waals surface area (Å²) >= 11 is 5.86. The first-order valence-electron chi connectivity index (χ1n) is 12.1. The second kappa shape index (κ2) is 12.5. The quantitative estimate of drug-likeness (QED) is 0.245. The summed E-state index contributed by atoms with van der Waals surface area (Å²) < 4.78 is 17.7. The number of halogens is 1. The van der Waals surface area contributed by atoms with E-state index in [-0.39, 0.29) is 5.41 Å². The second-order valence-corrected chi connectivity index (χ2v) is 9.89. The minimum atomic E-state index is -0.103. The van der Waals surface area contributed by atoms with E-state index in [9.17, 15) is 0 Å². The van der Waals surface area contributed by atoms with Crippen LogP contribution in [0.15, 0.2) is 48.5 Å². The van der Waals surface area contributed by atoms with Crippen molar-refractivity contribution < 1.29 is 14.2 Å². The van der Waals surface area contributed by atoms with Gasteiger partial charge in [-0.3, -0.25) is 0 Å². The molecule has 0 aliphatic heterocycles. The maximum Gasteiger partial charge on any atom is 0.119 e. The minimum Gasteiger partial charge on any atom is -0.494 e. The minimum absolute atomic E-state index is 0.103. The zero-order valence-electron chi connectivity index (χ0n) is 19.9. The van der Waals surface area contributed by atoms with Gasteiger partial charge in [-0.25, -0.2) is 0 Å². The summed E-state index contributed by atoms with van der Waals surface area (Å²) in [6.45, 7) is 8.71. The van der Waals surface area contributed by atoms with Crippen LogP contribution in [0.25, 0.3) is 0 Å². The molecule has 1 saturated carbocycles. The van der Waals surface area contributed by atoms with Gasteiger partial charge in [0.15, 0.2) is 0 Å². The molecule has 3 rings (SSSR count). The fraction of sp³-hybridized carbons (Fsp3) is 0.571. The predicted molar refractivity (Wildman–Crippen MR) is 133 cm³/mol. The highest BCUT2D eigenvalue weighted by atomic mass is 35.5. The van der Waals surface area contributed by atoms with Crippen LogP contribution < -0.4 is 9.47 Å². The van der Waals surface area contributed by atoms with Crippen molar-refractivity contribution in [2.24, 2.45) is 5.92 Å². The van der Waals surface area contributed by atoms with E-state index >= 15 is 0 Å². The fourth-order valence-electron chi connectivity index (χ4n) is 4.12. The van der Waals surface area contributed by atoms with E-state index in [2.05, 4.69) is 57.2 Å². The standard InChI is InChI=1S/C28H39ClO3/c1-22(20-29)21-32-27-16-12-24(13-17-27)28(2,3)23-10-14-26(15-11-23)31-19-7-18-30-25-8-5-4-6-9-25/h10-17,22,25H,4-9,18-21H2,1-3H3. The van der Waals surface area contributed by atoms with Crippen molar-refractivity contribution in [3.63, 3.8) is 0 Å². The molecule has 0 amide bonds. The zero-order valence-corrected chi connectivity index (χ0v) is 20.7. The average molecular weight is 459 g/mol. The monoisotopic (exact) mass is 458 g/mol. The predicted octanol–water partition coefficient (Wildman–Crippen LogP) is 7.38. The van der Waals surface area contributed by atoms with Crippen molar-refractivity contribution in [2.75, 3.05) is 25.7 Å². The Morgan fingerprint density at radius 2 is 1.41 bits per heavy atom. The first kappa shape index (κ1) is 24.9. The number of hydrogen-bond donors (Lipinski definition) is 0. The third-order valence-electron chi connectivity index (χ3n) is 6.41. The summed E-state index contributed by atoms with van der Waals surface area (Å²) in [7, 11) is 0. The van der Waals surface area contributed by atoms with Gasteiger partial charge in [0, 0.05) is 23.6 Å². The van der Waals surface area contributed by atoms with Gasteiger partial charge >= 0.3 is 0 Å². The van der Waals surface area contributed by atoms with E-state index in [1.165, 1.54) is 43.2 Å². The van der Waals surface area contributed by atoms with Crippen LogP contribution in [0.2, 0.25) is 0 Å². The molecule has 176 valence electrons. The third kappa shape index (κ3) is 7.42. The Balaban J connectivity index is 1.46. The van der Waals surface area contributed by atoms with Crippen LogP contribution in [0, 0.1) is 5.92 Å². The fourth-order valence-corrected chi connectivity index (χ4v) is 4.21. The Kier molecular flexibility index (Phi) is 9.74. The van der Waals surface area contributed by atoms with Crippen LogP contribution in [0.5, 0.6) is 11.5 Å². The maximum atomic E-state index is 5.98. The zero-order chi connectivity index (χ0) is 22.8. The summed E-state index contributed by atoms with van der Waals surface area (Å²) in [5.74, 6) is 2.76. The molecule has 1 fully saturated rings. The maximum absolute atomic E-state index is 5.98. The molecule has 4 heteroatoms. The van der Waals surface area contributed by atoms with Crippen molar-refractivity contribution in [3.05, 3.63) is 59.7 Å². The van der Waals surface area contributed by atoms with E-state index in [0.29, 0.717) is 31.1 Å². The number of hydrogen-bond acceptors (Lipinski definition) is 3. The molecule has 0 heterocycles. The average Bonchev–Trinajstić information content (AvgIpc) is 2.83. The van der Waals surface area contributed by atoms with Crippen molar-refractivity contribution in [1.29, 1.82) is 0 Å². The van der Waals surface area contributed by atoms with Gasteiger partial charge in [-0.1, -0.05) is 64.3 Å². The molecule has 0 radical (unpaired) electrons. The van der Waals surface area contributed by atoms with Crippen molar-refractivity contribution in [2.45, 2.75) is 70.8 Å². The SMILES string of the molecule is CC(CCl)COc1ccc(C(C)(C)c2ccc(OCCCOC3CCCCC3)cc2)cc1. The summed E-state index contributed by atoms with van der Waals surface area (Å²) in [6, 6.07) is 16.9. The number of ether oxygens (including phenoxy) is 3. The number of alkyl halides is 1. The Morgan fingerprint density at radius 1 is 0.844 bits per heavy atom. The molecule has 1 aliphatic carbocycles. The highest BCUT2D eigenvalue weighted by Crippen LogP contribution is 2.33. The van der Waals surface area contributed by atoms with Gasteiger partial charge in [0.2, 0.25) is 0 Å². The van der Waals surface area contributed by atoms with Gasteiger partial charge in [0.25, 0.3) is 0 Å². The van der Waals surface area contributed by atoms with Crippen LogP contribution in [0.1, 0.15) is 70.4 Å². The topological polar surface area (TPSA) is 27.7 Å². The Morgan fingerprint density at radius 3 is 1.97 bits per heavy atom. The lowest BCUT2D eigenvalue weighted by Crippen LogP contribution is -2.19. The first-order chi connectivity index (χ1) is 15.5. The molecule has 2 aromatic rings. The molecule has 1 unspecified atom stereocenters. The lowest BCUT2D eigenvalue weighted by Gasteiger charge is -2.26. The first-order valence-corrected chi connectivity index (χ1v) is 12.7. The van der Waals surface area contributed by atoms with Gasteiger partial charge in [-0.2, -0.15) is 0 Å². The van der Waals surface area contributed by atoms with E-state index in [1.54, 1.807) is 0 Å². The van der Waals surface area contributed by atoms with E-state index in [0.717, 1.165) is 24.5 Å². The highest BCUT2D eigenvalue weighted by molar-refractivity contribution is 6.18. The molecule has 0 N–H and O–H groups in total. The van der Waals surface area contributed by atoms with Crippen LogP contribution in [0.3, 0.4) is 0 Å². The van der Waals surface area contributed by atoms with Gasteiger partial charge < -0.3 is 14.2 Å². The summed E-state index contributed by atoms with van der Waals surface area (Å²) in [6.07, 6.45) is 7.85. The van der Waals surface area contributed by atoms with E-state index in [4.69, 9.17) is 25.8 Å². The van der Waals surface area contributed by atoms with Crippen LogP contribution in [0.4, 0.5) is 0 Å². The lowest BCUT2D eigenvalue weighted by atomic mass is 9.78. The molecule has 2 aromatic carbocycles. The molecular formula is C28H39ClO3. The van der Waals surface area contributed by atoms with Gasteiger partial charge in [0.05, 0.1) is 25.9 Å². The normalized spacial score (nSPS) is 16.0. The number of benzene rings is 2. The molecule has 0 bridgehead atoms. The van der Waals surface area contributed by atoms with Crippen molar-refractivity contribution in [1.82, 2.24) is 0 Å². The largest absolute Gasteiger partial charge is 0.494 e. The smallest absolute Gasteiger partial charge is 0.119 e. The van der Waals surface area contributed by atoms with Crippen LogP contribution >= 0.6 is 11.6 Å². The Hall–Kier alpha value is -1.71. The van der Waals surface area contributed by atoms with Crippen LogP contribution in [-0.4, -0.2) is 31.8 Å². The van der Waals surface area contributed by atoms with Crippen molar-refractivity contribution in [3.8, 4) is 11.5 Å². The van der Waals surface area contributed by atoms with E-state index in [1.807, 2.05) is 12.1 Å².